The molecule has 4 aromatic rings. The molecule has 0 fully saturated rings. The molecular formula is C24H18ClN3O3. The Morgan fingerprint density at radius 2 is 1.71 bits per heavy atom. The molecule has 3 aromatic carbocycles. The Labute approximate surface area is 184 Å². The van der Waals surface area contributed by atoms with E-state index in [1.54, 1.807) is 47.1 Å². The third kappa shape index (κ3) is 4.54. The summed E-state index contributed by atoms with van der Waals surface area (Å²) in [7, 11) is 0. The minimum atomic E-state index is -0.778. The van der Waals surface area contributed by atoms with Crippen LogP contribution < -0.4 is 0 Å². The van der Waals surface area contributed by atoms with E-state index in [0.717, 1.165) is 11.3 Å². The Morgan fingerprint density at radius 3 is 2.45 bits per heavy atom. The molecule has 1 heterocycles. The number of hydrogen-bond acceptors (Lipinski definition) is 5. The second-order valence-corrected chi connectivity index (χ2v) is 7.27. The molecule has 0 bridgehead atoms. The number of carbonyl (C=O) groups is 2. The topological polar surface area (TPSA) is 74.1 Å². The molecule has 0 saturated heterocycles. The van der Waals surface area contributed by atoms with Gasteiger partial charge in [-0.15, -0.1) is 5.10 Å². The predicted molar refractivity (Wildman–Crippen MR) is 118 cm³/mol. The fourth-order valence-corrected chi connectivity index (χ4v) is 3.28. The van der Waals surface area contributed by atoms with Gasteiger partial charge in [-0.2, -0.15) is 0 Å². The van der Waals surface area contributed by atoms with Gasteiger partial charge in [-0.3, -0.25) is 4.79 Å². The number of Topliss-reactive ketones (excluding diaryl/α,β-unsaturated/α-hetero) is 1. The first-order chi connectivity index (χ1) is 15.0. The van der Waals surface area contributed by atoms with Crippen molar-refractivity contribution in [2.45, 2.75) is 6.92 Å². The lowest BCUT2D eigenvalue weighted by Crippen LogP contribution is -2.15. The van der Waals surface area contributed by atoms with Crippen molar-refractivity contribution in [3.05, 3.63) is 101 Å². The number of halogens is 1. The van der Waals surface area contributed by atoms with E-state index in [1.807, 2.05) is 43.3 Å². The summed E-state index contributed by atoms with van der Waals surface area (Å²) in [5, 5.41) is 4.91. The molecule has 0 atom stereocenters. The summed E-state index contributed by atoms with van der Waals surface area (Å²) in [6, 6.07) is 23.4. The van der Waals surface area contributed by atoms with Gasteiger partial charge in [-0.1, -0.05) is 72.3 Å². The Kier molecular flexibility index (Phi) is 5.91. The number of aryl methyl sites for hydroxylation is 1. The van der Waals surface area contributed by atoms with Crippen molar-refractivity contribution in [3.8, 4) is 17.1 Å². The lowest BCUT2D eigenvalue weighted by atomic mass is 10.1. The SMILES string of the molecule is Cc1ccccc1-n1nc(C(=O)OCC(=O)c2ccccc2)nc1-c1cccc(Cl)c1. The van der Waals surface area contributed by atoms with Crippen LogP contribution in [0.5, 0.6) is 0 Å². The number of esters is 1. The van der Waals surface area contributed by atoms with Gasteiger partial charge >= 0.3 is 5.97 Å². The second-order valence-electron chi connectivity index (χ2n) is 6.83. The molecule has 0 saturated carbocycles. The summed E-state index contributed by atoms with van der Waals surface area (Å²) in [5.41, 5.74) is 2.88. The molecular weight excluding hydrogens is 414 g/mol. The fraction of sp³-hybridized carbons (Fsp3) is 0.0833. The highest BCUT2D eigenvalue weighted by Gasteiger charge is 2.22. The first-order valence-corrected chi connectivity index (χ1v) is 9.95. The number of benzene rings is 3. The highest BCUT2D eigenvalue weighted by molar-refractivity contribution is 6.30. The summed E-state index contributed by atoms with van der Waals surface area (Å²) in [6.45, 7) is 1.55. The third-order valence-corrected chi connectivity index (χ3v) is 4.88. The number of rotatable bonds is 6. The Balaban J connectivity index is 1.65. The molecule has 0 unspecified atom stereocenters. The minimum absolute atomic E-state index is 0.140. The van der Waals surface area contributed by atoms with Crippen LogP contribution in [0.2, 0.25) is 5.02 Å². The summed E-state index contributed by atoms with van der Waals surface area (Å²) in [4.78, 5) is 29.3. The summed E-state index contributed by atoms with van der Waals surface area (Å²) in [5.74, 6) is -0.778. The molecule has 0 aliphatic heterocycles. The molecule has 154 valence electrons. The number of ether oxygens (including phenoxy) is 1. The average molecular weight is 432 g/mol. The van der Waals surface area contributed by atoms with E-state index in [2.05, 4.69) is 10.1 Å². The standard InChI is InChI=1S/C24H18ClN3O3/c1-16-8-5-6-13-20(16)28-23(18-11-7-12-19(25)14-18)26-22(27-28)24(30)31-15-21(29)17-9-3-2-4-10-17/h2-14H,15H2,1H3. The quantitative estimate of drug-likeness (QED) is 0.319. The van der Waals surface area contributed by atoms with Gasteiger partial charge in [-0.25, -0.2) is 14.5 Å². The van der Waals surface area contributed by atoms with E-state index in [0.29, 0.717) is 22.0 Å². The predicted octanol–water partition coefficient (Wildman–Crippen LogP) is 4.94. The Bertz CT molecular complexity index is 1250. The summed E-state index contributed by atoms with van der Waals surface area (Å²) < 4.78 is 6.77. The molecule has 31 heavy (non-hydrogen) atoms. The zero-order valence-corrected chi connectivity index (χ0v) is 17.4. The van der Waals surface area contributed by atoms with Crippen LogP contribution in [0.3, 0.4) is 0 Å². The van der Waals surface area contributed by atoms with Crippen LogP contribution >= 0.6 is 11.6 Å². The van der Waals surface area contributed by atoms with E-state index in [-0.39, 0.29) is 11.6 Å². The normalized spacial score (nSPS) is 10.6. The van der Waals surface area contributed by atoms with Crippen LogP contribution in [0, 0.1) is 6.92 Å². The van der Waals surface area contributed by atoms with E-state index >= 15 is 0 Å². The van der Waals surface area contributed by atoms with Gasteiger partial charge in [0.2, 0.25) is 0 Å². The van der Waals surface area contributed by atoms with E-state index in [1.165, 1.54) is 0 Å². The molecule has 0 aliphatic carbocycles. The van der Waals surface area contributed by atoms with Crippen LogP contribution in [-0.4, -0.2) is 33.1 Å². The number of carbonyl (C=O) groups excluding carboxylic acids is 2. The zero-order chi connectivity index (χ0) is 21.8. The summed E-state index contributed by atoms with van der Waals surface area (Å²) in [6.07, 6.45) is 0. The lowest BCUT2D eigenvalue weighted by Gasteiger charge is -2.08. The maximum absolute atomic E-state index is 12.6. The fourth-order valence-electron chi connectivity index (χ4n) is 3.09. The molecule has 0 radical (unpaired) electrons. The van der Waals surface area contributed by atoms with Crippen molar-refractivity contribution in [1.82, 2.24) is 14.8 Å². The Hall–Kier alpha value is -3.77. The van der Waals surface area contributed by atoms with E-state index in [4.69, 9.17) is 16.3 Å². The van der Waals surface area contributed by atoms with Crippen molar-refractivity contribution in [1.29, 1.82) is 0 Å². The Morgan fingerprint density at radius 1 is 0.968 bits per heavy atom. The smallest absolute Gasteiger partial charge is 0.378 e. The first-order valence-electron chi connectivity index (χ1n) is 9.57. The highest BCUT2D eigenvalue weighted by Crippen LogP contribution is 2.25. The van der Waals surface area contributed by atoms with Crippen LogP contribution in [-0.2, 0) is 4.74 Å². The molecule has 0 spiro atoms. The molecule has 0 amide bonds. The third-order valence-electron chi connectivity index (χ3n) is 4.65. The van der Waals surface area contributed by atoms with Gasteiger partial charge in [0.05, 0.1) is 5.69 Å². The van der Waals surface area contributed by atoms with Gasteiger partial charge in [-0.05, 0) is 30.7 Å². The van der Waals surface area contributed by atoms with Crippen molar-refractivity contribution >= 4 is 23.4 Å². The number of ketones is 1. The van der Waals surface area contributed by atoms with Gasteiger partial charge in [0.15, 0.2) is 18.2 Å². The van der Waals surface area contributed by atoms with Crippen molar-refractivity contribution in [2.75, 3.05) is 6.61 Å². The molecule has 6 nitrogen and oxygen atoms in total. The van der Waals surface area contributed by atoms with Crippen LogP contribution in [0.4, 0.5) is 0 Å². The van der Waals surface area contributed by atoms with Crippen LogP contribution in [0.1, 0.15) is 26.5 Å². The first kappa shape index (κ1) is 20.5. The molecule has 1 aromatic heterocycles. The second kappa shape index (κ2) is 8.93. The minimum Gasteiger partial charge on any atom is -0.451 e. The highest BCUT2D eigenvalue weighted by atomic mass is 35.5. The maximum atomic E-state index is 12.6. The average Bonchev–Trinajstić information content (AvgIpc) is 3.23. The number of para-hydroxylation sites is 1. The van der Waals surface area contributed by atoms with Crippen LogP contribution in [0.15, 0.2) is 78.9 Å². The maximum Gasteiger partial charge on any atom is 0.378 e. The van der Waals surface area contributed by atoms with E-state index < -0.39 is 12.6 Å². The molecule has 0 N–H and O–H groups in total. The largest absolute Gasteiger partial charge is 0.451 e. The molecule has 4 rings (SSSR count). The van der Waals surface area contributed by atoms with Gasteiger partial charge < -0.3 is 4.74 Å². The number of aromatic nitrogens is 3. The van der Waals surface area contributed by atoms with Crippen molar-refractivity contribution < 1.29 is 14.3 Å². The van der Waals surface area contributed by atoms with Crippen LogP contribution in [0.25, 0.3) is 17.1 Å². The van der Waals surface area contributed by atoms with Crippen molar-refractivity contribution in [3.63, 3.8) is 0 Å². The number of nitrogens with zero attached hydrogens (tertiary/aromatic N) is 3. The molecule has 7 heteroatoms. The van der Waals surface area contributed by atoms with Gasteiger partial charge in [0, 0.05) is 16.1 Å². The summed E-state index contributed by atoms with van der Waals surface area (Å²) >= 11 is 6.15. The van der Waals surface area contributed by atoms with E-state index in [9.17, 15) is 9.59 Å². The molecule has 0 aliphatic rings. The van der Waals surface area contributed by atoms with Crippen molar-refractivity contribution in [2.24, 2.45) is 0 Å². The lowest BCUT2D eigenvalue weighted by molar-refractivity contribution is 0.0462. The van der Waals surface area contributed by atoms with Gasteiger partial charge in [0.25, 0.3) is 5.82 Å². The monoisotopic (exact) mass is 431 g/mol. The zero-order valence-electron chi connectivity index (χ0n) is 16.7. The number of hydrogen-bond donors (Lipinski definition) is 0. The van der Waals surface area contributed by atoms with Gasteiger partial charge in [0.1, 0.15) is 0 Å².